The van der Waals surface area contributed by atoms with Crippen molar-refractivity contribution in [2.24, 2.45) is 0 Å². The fourth-order valence-corrected chi connectivity index (χ4v) is 2.40. The molecule has 1 aliphatic rings. The van der Waals surface area contributed by atoms with Gasteiger partial charge in [-0.25, -0.2) is 9.37 Å². The number of pyridine rings is 1. The van der Waals surface area contributed by atoms with Gasteiger partial charge in [0.2, 0.25) is 11.6 Å². The standard InChI is InChI=1S/C14H10FN5O/c15-7-1-3-8(4-2-7)20-11(21)5-9-12(17)10(6-16)13(18)19-14(9)20/h1-4H,5H2,(H4,17,18,19)/p+1. The highest BCUT2D eigenvalue weighted by Gasteiger charge is 2.38. The Kier molecular flexibility index (Phi) is 2.73. The topological polar surface area (TPSA) is 110 Å². The molecule has 0 radical (unpaired) electrons. The number of aromatic nitrogens is 1. The number of amides is 1. The minimum atomic E-state index is -0.395. The Bertz CT molecular complexity index is 794. The molecule has 21 heavy (non-hydrogen) atoms. The number of hydrogen-bond acceptors (Lipinski definition) is 4. The van der Waals surface area contributed by atoms with E-state index in [-0.39, 0.29) is 29.4 Å². The monoisotopic (exact) mass is 284 g/mol. The molecule has 0 fully saturated rings. The average molecular weight is 284 g/mol. The molecule has 0 aliphatic carbocycles. The van der Waals surface area contributed by atoms with Crippen LogP contribution in [0.15, 0.2) is 24.3 Å². The van der Waals surface area contributed by atoms with Crippen LogP contribution in [0, 0.1) is 17.1 Å². The molecule has 104 valence electrons. The van der Waals surface area contributed by atoms with Gasteiger partial charge in [-0.1, -0.05) is 0 Å². The molecule has 0 unspecified atom stereocenters. The van der Waals surface area contributed by atoms with Gasteiger partial charge in [-0.3, -0.25) is 4.79 Å². The first-order valence-corrected chi connectivity index (χ1v) is 6.14. The number of halogens is 1. The van der Waals surface area contributed by atoms with Crippen LogP contribution in [0.25, 0.3) is 0 Å². The largest absolute Gasteiger partial charge is 0.397 e. The lowest BCUT2D eigenvalue weighted by Gasteiger charge is -2.12. The number of carbonyl (C=O) groups excluding carboxylic acids is 1. The summed E-state index contributed by atoms with van der Waals surface area (Å²) in [6.45, 7) is 0. The number of anilines is 4. The predicted molar refractivity (Wildman–Crippen MR) is 73.8 cm³/mol. The summed E-state index contributed by atoms with van der Waals surface area (Å²) >= 11 is 0. The normalized spacial score (nSPS) is 13.1. The molecule has 0 spiro atoms. The van der Waals surface area contributed by atoms with E-state index in [0.717, 1.165) is 0 Å². The number of aromatic amines is 1. The van der Waals surface area contributed by atoms with E-state index in [1.807, 2.05) is 6.07 Å². The molecule has 1 aromatic carbocycles. The Morgan fingerprint density at radius 1 is 1.29 bits per heavy atom. The van der Waals surface area contributed by atoms with E-state index in [4.69, 9.17) is 16.7 Å². The van der Waals surface area contributed by atoms with Crippen LogP contribution in [0.1, 0.15) is 11.1 Å². The van der Waals surface area contributed by atoms with E-state index < -0.39 is 5.82 Å². The van der Waals surface area contributed by atoms with Gasteiger partial charge in [0, 0.05) is 0 Å². The predicted octanol–water partition coefficient (Wildman–Crippen LogP) is 0.897. The number of nitrogens with two attached hydrogens (primary N) is 2. The second-order valence-electron chi connectivity index (χ2n) is 4.65. The second-order valence-corrected chi connectivity index (χ2v) is 4.65. The number of nitrogens with zero attached hydrogens (tertiary/aromatic N) is 2. The average Bonchev–Trinajstić information content (AvgIpc) is 2.77. The van der Waals surface area contributed by atoms with Gasteiger partial charge in [0.1, 0.15) is 23.1 Å². The van der Waals surface area contributed by atoms with Gasteiger partial charge in [-0.2, -0.15) is 10.2 Å². The van der Waals surface area contributed by atoms with Crippen molar-refractivity contribution >= 4 is 28.9 Å². The van der Waals surface area contributed by atoms with Crippen LogP contribution in [0.2, 0.25) is 0 Å². The van der Waals surface area contributed by atoms with E-state index in [1.54, 1.807) is 0 Å². The zero-order valence-electron chi connectivity index (χ0n) is 10.9. The molecule has 6 nitrogen and oxygen atoms in total. The highest BCUT2D eigenvalue weighted by atomic mass is 19.1. The number of rotatable bonds is 1. The van der Waals surface area contributed by atoms with Gasteiger partial charge < -0.3 is 11.5 Å². The fraction of sp³-hybridized carbons (Fsp3) is 0.0714. The van der Waals surface area contributed by atoms with Crippen molar-refractivity contribution in [2.45, 2.75) is 6.42 Å². The number of carbonyl (C=O) groups is 1. The third-order valence-electron chi connectivity index (χ3n) is 3.40. The summed E-state index contributed by atoms with van der Waals surface area (Å²) in [5.74, 6) is -0.112. The summed E-state index contributed by atoms with van der Waals surface area (Å²) in [7, 11) is 0. The Morgan fingerprint density at radius 3 is 2.57 bits per heavy atom. The Labute approximate surface area is 119 Å². The molecule has 7 heteroatoms. The van der Waals surface area contributed by atoms with Gasteiger partial charge in [-0.15, -0.1) is 0 Å². The van der Waals surface area contributed by atoms with Gasteiger partial charge in [0.05, 0.1) is 17.7 Å². The lowest BCUT2D eigenvalue weighted by Crippen LogP contribution is -2.27. The van der Waals surface area contributed by atoms with Crippen molar-refractivity contribution in [3.05, 3.63) is 41.2 Å². The zero-order valence-corrected chi connectivity index (χ0v) is 10.9. The van der Waals surface area contributed by atoms with Crippen molar-refractivity contribution < 1.29 is 14.2 Å². The lowest BCUT2D eigenvalue weighted by atomic mass is 10.1. The summed E-state index contributed by atoms with van der Waals surface area (Å²) in [5.41, 5.74) is 13.0. The maximum atomic E-state index is 13.0. The first kappa shape index (κ1) is 12.9. The molecular formula is C14H11FN5O+. The van der Waals surface area contributed by atoms with E-state index in [0.29, 0.717) is 17.1 Å². The molecule has 3 rings (SSSR count). The SMILES string of the molecule is N#Cc1c(N)[nH+]c2c(c1N)CC(=O)N2c1ccc(F)cc1. The summed E-state index contributed by atoms with van der Waals surface area (Å²) in [5, 5.41) is 9.04. The van der Waals surface area contributed by atoms with Crippen LogP contribution in [0.4, 0.5) is 27.4 Å². The molecule has 1 amide bonds. The van der Waals surface area contributed by atoms with Crippen LogP contribution in [-0.2, 0) is 11.2 Å². The summed E-state index contributed by atoms with van der Waals surface area (Å²) < 4.78 is 13.0. The van der Waals surface area contributed by atoms with E-state index in [2.05, 4.69) is 4.98 Å². The van der Waals surface area contributed by atoms with Crippen LogP contribution < -0.4 is 21.4 Å². The summed E-state index contributed by atoms with van der Waals surface area (Å²) in [4.78, 5) is 16.4. The van der Waals surface area contributed by atoms with Crippen LogP contribution in [-0.4, -0.2) is 5.91 Å². The van der Waals surface area contributed by atoms with E-state index in [1.165, 1.54) is 29.2 Å². The number of H-pyrrole nitrogens is 1. The third-order valence-corrected chi connectivity index (χ3v) is 3.40. The highest BCUT2D eigenvalue weighted by molar-refractivity contribution is 6.07. The number of hydrogen-bond donors (Lipinski definition) is 2. The molecule has 0 saturated heterocycles. The molecular weight excluding hydrogens is 273 g/mol. The molecule has 5 N–H and O–H groups in total. The number of benzene rings is 1. The number of nitriles is 1. The molecule has 0 saturated carbocycles. The van der Waals surface area contributed by atoms with Crippen molar-refractivity contribution in [3.63, 3.8) is 0 Å². The van der Waals surface area contributed by atoms with Crippen molar-refractivity contribution in [1.82, 2.24) is 0 Å². The Hall–Kier alpha value is -3.14. The maximum Gasteiger partial charge on any atom is 0.292 e. The minimum absolute atomic E-state index is 0.0595. The number of fused-ring (bicyclic) bond motifs is 1. The molecule has 2 aromatic rings. The van der Waals surface area contributed by atoms with Crippen LogP contribution in [0.3, 0.4) is 0 Å². The quantitative estimate of drug-likeness (QED) is 0.810. The summed E-state index contributed by atoms with van der Waals surface area (Å²) in [6.07, 6.45) is 0.0595. The smallest absolute Gasteiger partial charge is 0.292 e. The van der Waals surface area contributed by atoms with E-state index in [9.17, 15) is 9.18 Å². The van der Waals surface area contributed by atoms with Crippen molar-refractivity contribution in [2.75, 3.05) is 16.4 Å². The Morgan fingerprint density at radius 2 is 1.95 bits per heavy atom. The zero-order chi connectivity index (χ0) is 15.1. The van der Waals surface area contributed by atoms with E-state index >= 15 is 0 Å². The van der Waals surface area contributed by atoms with Crippen molar-refractivity contribution in [3.8, 4) is 6.07 Å². The van der Waals surface area contributed by atoms with Gasteiger partial charge in [0.15, 0.2) is 0 Å². The van der Waals surface area contributed by atoms with Gasteiger partial charge in [-0.05, 0) is 24.3 Å². The second kappa shape index (κ2) is 4.45. The highest BCUT2D eigenvalue weighted by Crippen LogP contribution is 2.37. The maximum absolute atomic E-state index is 13.0. The number of nitrogens with one attached hydrogen (secondary N) is 1. The molecule has 2 heterocycles. The van der Waals surface area contributed by atoms with Crippen molar-refractivity contribution in [1.29, 1.82) is 5.26 Å². The molecule has 0 atom stereocenters. The van der Waals surface area contributed by atoms with Gasteiger partial charge >= 0.3 is 0 Å². The first-order valence-electron chi connectivity index (χ1n) is 6.14. The summed E-state index contributed by atoms with van der Waals surface area (Å²) in [6, 6.07) is 7.40. The third kappa shape index (κ3) is 1.85. The Balaban J connectivity index is 2.19. The van der Waals surface area contributed by atoms with Crippen LogP contribution in [0.5, 0.6) is 0 Å². The molecule has 1 aliphatic heterocycles. The molecule has 1 aromatic heterocycles. The minimum Gasteiger partial charge on any atom is -0.397 e. The molecule has 0 bridgehead atoms. The van der Waals surface area contributed by atoms with Crippen LogP contribution >= 0.6 is 0 Å². The first-order chi connectivity index (χ1) is 10.0. The lowest BCUT2D eigenvalue weighted by molar-refractivity contribution is -0.344. The number of nitrogen functional groups attached to an aromatic ring is 2. The fourth-order valence-electron chi connectivity index (χ4n) is 2.40. The van der Waals surface area contributed by atoms with Gasteiger partial charge in [0.25, 0.3) is 5.91 Å².